The van der Waals surface area contributed by atoms with Crippen LogP contribution in [0.15, 0.2) is 59.1 Å². The van der Waals surface area contributed by atoms with Crippen molar-refractivity contribution in [1.29, 1.82) is 5.26 Å². The SMILES string of the molecule is N#C/C(=C/c1cc(Br)c(OCC(=O)O)c(I)c1)c1ccc2ccccc2c1. The van der Waals surface area contributed by atoms with Gasteiger partial charge in [-0.2, -0.15) is 5.26 Å². The molecule has 0 saturated carbocycles. The fraction of sp³-hybridized carbons (Fsp3) is 0.0476. The Morgan fingerprint density at radius 2 is 1.93 bits per heavy atom. The first-order valence-electron chi connectivity index (χ1n) is 7.92. The van der Waals surface area contributed by atoms with E-state index in [-0.39, 0.29) is 0 Å². The maximum absolute atomic E-state index is 10.7. The number of fused-ring (bicyclic) bond motifs is 1. The number of rotatable bonds is 5. The second-order valence-corrected chi connectivity index (χ2v) is 7.74. The quantitative estimate of drug-likeness (QED) is 0.258. The molecule has 0 atom stereocenters. The van der Waals surface area contributed by atoms with E-state index >= 15 is 0 Å². The Morgan fingerprint density at radius 1 is 1.19 bits per heavy atom. The van der Waals surface area contributed by atoms with Crippen molar-refractivity contribution in [1.82, 2.24) is 0 Å². The number of hydrogen-bond donors (Lipinski definition) is 1. The fourth-order valence-corrected chi connectivity index (χ4v) is 4.41. The lowest BCUT2D eigenvalue weighted by atomic mass is 10.0. The Kier molecular flexibility index (Phi) is 6.14. The van der Waals surface area contributed by atoms with E-state index in [0.29, 0.717) is 15.8 Å². The number of benzene rings is 3. The lowest BCUT2D eigenvalue weighted by Crippen LogP contribution is -2.10. The Balaban J connectivity index is 1.97. The first-order valence-corrected chi connectivity index (χ1v) is 9.79. The third kappa shape index (κ3) is 4.67. The molecule has 6 heteroatoms. The number of carbonyl (C=O) groups is 1. The molecule has 0 bridgehead atoms. The number of allylic oxidation sites excluding steroid dienone is 1. The molecule has 3 rings (SSSR count). The summed E-state index contributed by atoms with van der Waals surface area (Å²) in [4.78, 5) is 10.7. The van der Waals surface area contributed by atoms with Crippen LogP contribution in [-0.4, -0.2) is 17.7 Å². The minimum Gasteiger partial charge on any atom is -0.480 e. The molecule has 4 nitrogen and oxygen atoms in total. The molecule has 134 valence electrons. The second-order valence-electron chi connectivity index (χ2n) is 5.73. The number of carboxylic acid groups (broad SMARTS) is 1. The summed E-state index contributed by atoms with van der Waals surface area (Å²) < 4.78 is 6.70. The average molecular weight is 534 g/mol. The highest BCUT2D eigenvalue weighted by molar-refractivity contribution is 14.1. The van der Waals surface area contributed by atoms with Crippen LogP contribution in [0.3, 0.4) is 0 Å². The first kappa shape index (κ1) is 19.4. The van der Waals surface area contributed by atoms with Gasteiger partial charge in [0.2, 0.25) is 0 Å². The minimum atomic E-state index is -1.04. The molecule has 0 aliphatic carbocycles. The van der Waals surface area contributed by atoms with Gasteiger partial charge < -0.3 is 9.84 Å². The molecule has 0 amide bonds. The van der Waals surface area contributed by atoms with Gasteiger partial charge >= 0.3 is 5.97 Å². The van der Waals surface area contributed by atoms with Crippen molar-refractivity contribution in [2.75, 3.05) is 6.61 Å². The van der Waals surface area contributed by atoms with Crippen LogP contribution in [0.5, 0.6) is 5.75 Å². The number of aliphatic carboxylic acids is 1. The van der Waals surface area contributed by atoms with Gasteiger partial charge in [-0.05, 0) is 84.7 Å². The molecule has 1 N–H and O–H groups in total. The van der Waals surface area contributed by atoms with E-state index in [2.05, 4.69) is 44.6 Å². The van der Waals surface area contributed by atoms with Crippen molar-refractivity contribution >= 4 is 66.9 Å². The summed E-state index contributed by atoms with van der Waals surface area (Å²) in [6.07, 6.45) is 1.80. The molecule has 0 aliphatic rings. The van der Waals surface area contributed by atoms with Crippen molar-refractivity contribution < 1.29 is 14.6 Å². The Morgan fingerprint density at radius 3 is 2.59 bits per heavy atom. The van der Waals surface area contributed by atoms with Crippen molar-refractivity contribution in [2.45, 2.75) is 0 Å². The van der Waals surface area contributed by atoms with Crippen molar-refractivity contribution in [3.63, 3.8) is 0 Å². The van der Waals surface area contributed by atoms with Gasteiger partial charge in [0.1, 0.15) is 5.75 Å². The maximum atomic E-state index is 10.7. The lowest BCUT2D eigenvalue weighted by Gasteiger charge is -2.10. The van der Waals surface area contributed by atoms with E-state index in [1.54, 1.807) is 12.1 Å². The summed E-state index contributed by atoms with van der Waals surface area (Å²) in [7, 11) is 0. The van der Waals surface area contributed by atoms with Gasteiger partial charge in [-0.25, -0.2) is 4.79 Å². The maximum Gasteiger partial charge on any atom is 0.341 e. The molecule has 0 aliphatic heterocycles. The molecule has 0 radical (unpaired) electrons. The van der Waals surface area contributed by atoms with Crippen molar-refractivity contribution in [2.24, 2.45) is 0 Å². The zero-order valence-corrected chi connectivity index (χ0v) is 17.7. The van der Waals surface area contributed by atoms with Crippen LogP contribution in [0.2, 0.25) is 0 Å². The lowest BCUT2D eigenvalue weighted by molar-refractivity contribution is -0.139. The smallest absolute Gasteiger partial charge is 0.341 e. The third-order valence-corrected chi connectivity index (χ3v) is 5.24. The van der Waals surface area contributed by atoms with Crippen LogP contribution in [0.1, 0.15) is 11.1 Å². The Hall–Kier alpha value is -2.37. The van der Waals surface area contributed by atoms with Crippen molar-refractivity contribution in [3.8, 4) is 11.8 Å². The average Bonchev–Trinajstić information content (AvgIpc) is 2.64. The summed E-state index contributed by atoms with van der Waals surface area (Å²) in [6.45, 7) is -0.412. The molecule has 0 aromatic heterocycles. The zero-order chi connectivity index (χ0) is 19.4. The van der Waals surface area contributed by atoms with Gasteiger partial charge in [0, 0.05) is 0 Å². The predicted octanol–water partition coefficient (Wildman–Crippen LogP) is 5.73. The van der Waals surface area contributed by atoms with Gasteiger partial charge in [0.05, 0.1) is 19.7 Å². The second kappa shape index (κ2) is 8.55. The number of nitrogens with zero attached hydrogens (tertiary/aromatic N) is 1. The molecule has 0 fully saturated rings. The van der Waals surface area contributed by atoms with Gasteiger partial charge in [-0.1, -0.05) is 36.4 Å². The molecule has 0 spiro atoms. The van der Waals surface area contributed by atoms with Crippen LogP contribution in [-0.2, 0) is 4.79 Å². The minimum absolute atomic E-state index is 0.412. The molecule has 3 aromatic rings. The summed E-state index contributed by atoms with van der Waals surface area (Å²) in [5.74, 6) is -0.566. The fourth-order valence-electron chi connectivity index (χ4n) is 2.64. The van der Waals surface area contributed by atoms with E-state index in [9.17, 15) is 10.1 Å². The van der Waals surface area contributed by atoms with Gasteiger partial charge in [0.25, 0.3) is 0 Å². The van der Waals surface area contributed by atoms with Crippen LogP contribution < -0.4 is 4.74 Å². The summed E-state index contributed by atoms with van der Waals surface area (Å²) in [5, 5.41) is 20.6. The van der Waals surface area contributed by atoms with E-state index in [1.807, 2.05) is 48.5 Å². The van der Waals surface area contributed by atoms with Crippen LogP contribution in [0.25, 0.3) is 22.4 Å². The van der Waals surface area contributed by atoms with Crippen LogP contribution in [0, 0.1) is 14.9 Å². The Labute approximate surface area is 178 Å². The predicted molar refractivity (Wildman–Crippen MR) is 117 cm³/mol. The van der Waals surface area contributed by atoms with Crippen LogP contribution in [0.4, 0.5) is 0 Å². The van der Waals surface area contributed by atoms with Crippen LogP contribution >= 0.6 is 38.5 Å². The third-order valence-electron chi connectivity index (χ3n) is 3.85. The molecular weight excluding hydrogens is 521 g/mol. The normalized spacial score (nSPS) is 11.2. The number of carboxylic acids is 1. The molecular formula is C21H13BrINO3. The van der Waals surface area contributed by atoms with Gasteiger partial charge in [-0.15, -0.1) is 0 Å². The number of nitriles is 1. The summed E-state index contributed by atoms with van der Waals surface area (Å²) >= 11 is 5.50. The molecule has 27 heavy (non-hydrogen) atoms. The van der Waals surface area contributed by atoms with E-state index in [4.69, 9.17) is 9.84 Å². The highest BCUT2D eigenvalue weighted by atomic mass is 127. The van der Waals surface area contributed by atoms with E-state index in [0.717, 1.165) is 25.5 Å². The number of hydrogen-bond acceptors (Lipinski definition) is 3. The highest BCUT2D eigenvalue weighted by Gasteiger charge is 2.11. The zero-order valence-electron chi connectivity index (χ0n) is 13.9. The van der Waals surface area contributed by atoms with E-state index in [1.165, 1.54) is 0 Å². The monoisotopic (exact) mass is 533 g/mol. The highest BCUT2D eigenvalue weighted by Crippen LogP contribution is 2.33. The topological polar surface area (TPSA) is 70.3 Å². The standard InChI is InChI=1S/C21H13BrINO3/c22-18-8-13(9-19(23)21(18)27-12-20(25)26)7-17(11-24)16-6-5-14-3-1-2-4-15(14)10-16/h1-10H,12H2,(H,25,26)/b17-7-. The molecule has 3 aromatic carbocycles. The van der Waals surface area contributed by atoms with Crippen molar-refractivity contribution in [3.05, 3.63) is 73.8 Å². The Bertz CT molecular complexity index is 1080. The summed E-state index contributed by atoms with van der Waals surface area (Å²) in [6, 6.07) is 19.8. The first-order chi connectivity index (χ1) is 13.0. The van der Waals surface area contributed by atoms with Gasteiger partial charge in [-0.3, -0.25) is 0 Å². The molecule has 0 heterocycles. The number of halogens is 2. The van der Waals surface area contributed by atoms with Gasteiger partial charge in [0.15, 0.2) is 6.61 Å². The summed E-state index contributed by atoms with van der Waals surface area (Å²) in [5.41, 5.74) is 2.20. The largest absolute Gasteiger partial charge is 0.480 e. The molecule has 0 saturated heterocycles. The molecule has 0 unspecified atom stereocenters. The van der Waals surface area contributed by atoms with E-state index < -0.39 is 12.6 Å². The number of ether oxygens (including phenoxy) is 1.